The summed E-state index contributed by atoms with van der Waals surface area (Å²) in [4.78, 5) is 22.7. The fourth-order valence-electron chi connectivity index (χ4n) is 0.918. The van der Waals surface area contributed by atoms with Crippen LogP contribution in [0.5, 0.6) is 0 Å². The molecule has 0 unspecified atom stereocenters. The minimum atomic E-state index is -4.20. The van der Waals surface area contributed by atoms with E-state index in [4.69, 9.17) is 5.11 Å². The zero-order valence-electron chi connectivity index (χ0n) is 9.79. The molecule has 2 N–H and O–H groups in total. The van der Waals surface area contributed by atoms with Crippen molar-refractivity contribution in [2.24, 2.45) is 0 Å². The van der Waals surface area contributed by atoms with Gasteiger partial charge in [-0.05, 0) is 0 Å². The lowest BCUT2D eigenvalue weighted by Gasteiger charge is -2.16. The molecule has 0 atom stereocenters. The van der Waals surface area contributed by atoms with Crippen LogP contribution in [0.15, 0.2) is 0 Å². The number of carbonyl (C=O) groups is 2. The van der Waals surface area contributed by atoms with Gasteiger partial charge in [0.05, 0.1) is 12.2 Å². The Morgan fingerprint density at radius 3 is 2.50 bits per heavy atom. The van der Waals surface area contributed by atoms with Crippen molar-refractivity contribution in [3.8, 4) is 0 Å². The van der Waals surface area contributed by atoms with Crippen molar-refractivity contribution in [1.82, 2.24) is 10.2 Å². The van der Waals surface area contributed by atoms with E-state index in [2.05, 4.69) is 5.32 Å². The summed E-state index contributed by atoms with van der Waals surface area (Å²) in [6, 6.07) is -0.496. The van der Waals surface area contributed by atoms with E-state index in [1.165, 1.54) is 11.9 Å². The maximum atomic E-state index is 11.8. The molecule has 2 amide bonds. The van der Waals surface area contributed by atoms with Crippen LogP contribution in [-0.4, -0.2) is 59.8 Å². The Balaban J connectivity index is 3.61. The van der Waals surface area contributed by atoms with Gasteiger partial charge in [-0.25, -0.2) is 4.79 Å². The summed E-state index contributed by atoms with van der Waals surface area (Å²) in [5.41, 5.74) is 0. The van der Waals surface area contributed by atoms with Crippen LogP contribution < -0.4 is 5.32 Å². The number of nitrogens with zero attached hydrogens (tertiary/aromatic N) is 1. The van der Waals surface area contributed by atoms with E-state index < -0.39 is 23.9 Å². The van der Waals surface area contributed by atoms with Crippen LogP contribution in [0, 0.1) is 0 Å². The van der Waals surface area contributed by atoms with Crippen LogP contribution in [0.1, 0.15) is 6.42 Å². The van der Waals surface area contributed by atoms with Gasteiger partial charge in [0, 0.05) is 25.9 Å². The summed E-state index contributed by atoms with van der Waals surface area (Å²) in [7, 11) is 1.42. The molecule has 0 bridgehead atoms. The highest BCUT2D eigenvalue weighted by atomic mass is 32.2. The maximum Gasteiger partial charge on any atom is 0.397 e. The van der Waals surface area contributed by atoms with Gasteiger partial charge in [0.25, 0.3) is 0 Å². The van der Waals surface area contributed by atoms with E-state index in [-0.39, 0.29) is 25.3 Å². The van der Waals surface area contributed by atoms with Gasteiger partial charge in [-0.15, -0.1) is 0 Å². The highest BCUT2D eigenvalue weighted by Crippen LogP contribution is 2.20. The number of hydrogen-bond acceptors (Lipinski definition) is 3. The molecule has 0 aliphatic rings. The Hall–Kier alpha value is -1.12. The Labute approximate surface area is 107 Å². The van der Waals surface area contributed by atoms with Crippen LogP contribution in [-0.2, 0) is 4.79 Å². The average molecular weight is 288 g/mol. The number of thioether (sulfide) groups is 1. The Bertz CT molecular complexity index is 287. The van der Waals surface area contributed by atoms with Crippen LogP contribution in [0.3, 0.4) is 0 Å². The third kappa shape index (κ3) is 10.1. The van der Waals surface area contributed by atoms with Crippen molar-refractivity contribution in [3.05, 3.63) is 0 Å². The molecule has 0 heterocycles. The van der Waals surface area contributed by atoms with Gasteiger partial charge in [-0.2, -0.15) is 24.9 Å². The second-order valence-corrected chi connectivity index (χ2v) is 4.57. The number of halogens is 3. The van der Waals surface area contributed by atoms with Crippen molar-refractivity contribution in [2.45, 2.75) is 12.6 Å². The van der Waals surface area contributed by atoms with Gasteiger partial charge in [0.1, 0.15) is 0 Å². The number of carboxylic acid groups (broad SMARTS) is 1. The number of aliphatic carboxylic acids is 1. The summed E-state index contributed by atoms with van der Waals surface area (Å²) in [6.45, 7) is 0.161. The highest BCUT2D eigenvalue weighted by molar-refractivity contribution is 7.99. The van der Waals surface area contributed by atoms with Gasteiger partial charge >= 0.3 is 18.2 Å². The molecule has 0 aromatic heterocycles. The molecule has 9 heteroatoms. The molecule has 0 radical (unpaired) electrons. The predicted octanol–water partition coefficient (Wildman–Crippen LogP) is 1.40. The molecule has 0 fully saturated rings. The van der Waals surface area contributed by atoms with Crippen LogP contribution in [0.2, 0.25) is 0 Å². The molecule has 0 aromatic carbocycles. The second-order valence-electron chi connectivity index (χ2n) is 3.46. The summed E-state index contributed by atoms with van der Waals surface area (Å²) < 4.78 is 35.3. The predicted molar refractivity (Wildman–Crippen MR) is 61.7 cm³/mol. The van der Waals surface area contributed by atoms with E-state index in [0.29, 0.717) is 11.8 Å². The lowest BCUT2D eigenvalue weighted by Crippen LogP contribution is -2.39. The molecule has 0 aliphatic carbocycles. The largest absolute Gasteiger partial charge is 0.481 e. The monoisotopic (exact) mass is 288 g/mol. The van der Waals surface area contributed by atoms with E-state index in [1.54, 1.807) is 0 Å². The molecule has 5 nitrogen and oxygen atoms in total. The Kier molecular flexibility index (Phi) is 7.56. The van der Waals surface area contributed by atoms with Crippen molar-refractivity contribution in [2.75, 3.05) is 31.6 Å². The molecule has 0 spiro atoms. The van der Waals surface area contributed by atoms with Gasteiger partial charge in [0.15, 0.2) is 0 Å². The number of nitrogens with one attached hydrogen (secondary N) is 1. The Morgan fingerprint density at radius 2 is 2.00 bits per heavy atom. The van der Waals surface area contributed by atoms with Crippen LogP contribution in [0.25, 0.3) is 0 Å². The minimum Gasteiger partial charge on any atom is -0.481 e. The highest BCUT2D eigenvalue weighted by Gasteiger charge is 2.26. The number of carbonyl (C=O) groups excluding carboxylic acids is 1. The second kappa shape index (κ2) is 8.06. The standard InChI is InChI=1S/C9H15F3N2O3S/c1-14(4-2-7(15)16)8(17)13-3-5-18-6-9(10,11)12/h2-6H2,1H3,(H,13,17)(H,15,16). The number of rotatable bonds is 7. The summed E-state index contributed by atoms with van der Waals surface area (Å²) in [5, 5.41) is 10.8. The van der Waals surface area contributed by atoms with Crippen molar-refractivity contribution < 1.29 is 27.9 Å². The first-order valence-electron chi connectivity index (χ1n) is 5.07. The maximum absolute atomic E-state index is 11.8. The normalized spacial score (nSPS) is 11.1. The molecule has 0 aromatic rings. The first kappa shape index (κ1) is 16.9. The number of carboxylic acids is 1. The number of urea groups is 1. The molecule has 0 saturated heterocycles. The van der Waals surface area contributed by atoms with Crippen molar-refractivity contribution in [1.29, 1.82) is 0 Å². The average Bonchev–Trinajstić information content (AvgIpc) is 2.23. The van der Waals surface area contributed by atoms with E-state index >= 15 is 0 Å². The zero-order valence-corrected chi connectivity index (χ0v) is 10.6. The van der Waals surface area contributed by atoms with E-state index in [9.17, 15) is 22.8 Å². The lowest BCUT2D eigenvalue weighted by molar-refractivity contribution is -0.137. The third-order valence-electron chi connectivity index (χ3n) is 1.80. The van der Waals surface area contributed by atoms with Gasteiger partial charge in [0.2, 0.25) is 0 Å². The van der Waals surface area contributed by atoms with Gasteiger partial charge < -0.3 is 15.3 Å². The molecular formula is C9H15F3N2O3S. The smallest absolute Gasteiger partial charge is 0.397 e. The fraction of sp³-hybridized carbons (Fsp3) is 0.778. The van der Waals surface area contributed by atoms with Gasteiger partial charge in [-0.3, -0.25) is 4.79 Å². The zero-order chi connectivity index (χ0) is 14.2. The first-order chi connectivity index (χ1) is 8.22. The van der Waals surface area contributed by atoms with E-state index in [0.717, 1.165) is 0 Å². The molecule has 0 rings (SSSR count). The molecular weight excluding hydrogens is 273 g/mol. The summed E-state index contributed by atoms with van der Waals surface area (Å²) in [5.74, 6) is -1.81. The number of hydrogen-bond donors (Lipinski definition) is 2. The molecule has 0 aliphatic heterocycles. The van der Waals surface area contributed by atoms with Crippen LogP contribution in [0.4, 0.5) is 18.0 Å². The minimum absolute atomic E-state index is 0.0524. The third-order valence-corrected chi connectivity index (χ3v) is 2.82. The number of alkyl halides is 3. The van der Waals surface area contributed by atoms with E-state index in [1.807, 2.05) is 0 Å². The topological polar surface area (TPSA) is 69.6 Å². The first-order valence-corrected chi connectivity index (χ1v) is 6.23. The Morgan fingerprint density at radius 1 is 1.39 bits per heavy atom. The molecule has 106 valence electrons. The van der Waals surface area contributed by atoms with Crippen molar-refractivity contribution >= 4 is 23.8 Å². The summed E-state index contributed by atoms with van der Waals surface area (Å²) >= 11 is 0.680. The summed E-state index contributed by atoms with van der Waals surface area (Å²) in [6.07, 6.45) is -4.38. The van der Waals surface area contributed by atoms with Crippen molar-refractivity contribution in [3.63, 3.8) is 0 Å². The quantitative estimate of drug-likeness (QED) is 0.695. The van der Waals surface area contributed by atoms with Gasteiger partial charge in [-0.1, -0.05) is 0 Å². The molecule has 0 saturated carbocycles. The fourth-order valence-corrected chi connectivity index (χ4v) is 1.54. The number of amides is 2. The molecule has 18 heavy (non-hydrogen) atoms. The van der Waals surface area contributed by atoms with Crippen LogP contribution >= 0.6 is 11.8 Å². The lowest BCUT2D eigenvalue weighted by atomic mass is 10.4. The SMILES string of the molecule is CN(CCC(=O)O)C(=O)NCCSCC(F)(F)F.